The molecule has 0 bridgehead atoms. The van der Waals surface area contributed by atoms with Crippen molar-refractivity contribution in [2.45, 2.75) is 39.3 Å². The zero-order chi connectivity index (χ0) is 17.9. The summed E-state index contributed by atoms with van der Waals surface area (Å²) in [5, 5.41) is 15.5. The quantitative estimate of drug-likeness (QED) is 0.741. The molecular formula is C20H31N3O2. The number of aliphatic hydroxyl groups excluding tert-OH is 1. The van der Waals surface area contributed by atoms with Crippen LogP contribution < -0.4 is 10.6 Å². The third kappa shape index (κ3) is 4.73. The molecule has 0 radical (unpaired) electrons. The standard InChI is InChI=1S/C20H31N3O2/c1-15-10-23(12-17-6-4-3-5-7-17)11-16(2)18(15)22-19(25)21-13-20(14-24)8-9-20/h3-7,15-16,18,24H,8-14H2,1-2H3,(H2,21,22,25). The minimum Gasteiger partial charge on any atom is -0.396 e. The number of piperidine rings is 1. The van der Waals surface area contributed by atoms with Gasteiger partial charge >= 0.3 is 6.03 Å². The van der Waals surface area contributed by atoms with Gasteiger partial charge in [0.1, 0.15) is 0 Å². The van der Waals surface area contributed by atoms with Crippen molar-refractivity contribution in [2.75, 3.05) is 26.2 Å². The lowest BCUT2D eigenvalue weighted by atomic mass is 9.85. The molecule has 0 spiro atoms. The van der Waals surface area contributed by atoms with E-state index in [1.54, 1.807) is 0 Å². The van der Waals surface area contributed by atoms with Gasteiger partial charge in [0.25, 0.3) is 0 Å². The van der Waals surface area contributed by atoms with E-state index in [1.807, 2.05) is 6.07 Å². The predicted octanol–water partition coefficient (Wildman–Crippen LogP) is 2.21. The number of urea groups is 1. The number of carbonyl (C=O) groups is 1. The van der Waals surface area contributed by atoms with Gasteiger partial charge in [-0.3, -0.25) is 4.90 Å². The molecule has 2 amide bonds. The number of nitrogens with zero attached hydrogens (tertiary/aromatic N) is 1. The fourth-order valence-corrected chi connectivity index (χ4v) is 3.97. The summed E-state index contributed by atoms with van der Waals surface area (Å²) in [7, 11) is 0. The normalized spacial score (nSPS) is 28.4. The SMILES string of the molecule is CC1CN(Cc2ccccc2)CC(C)C1NC(=O)NCC1(CO)CC1. The van der Waals surface area contributed by atoms with Crippen molar-refractivity contribution in [3.05, 3.63) is 35.9 Å². The zero-order valence-corrected chi connectivity index (χ0v) is 15.4. The molecule has 3 rings (SSSR count). The number of hydrogen-bond donors (Lipinski definition) is 3. The molecular weight excluding hydrogens is 314 g/mol. The summed E-state index contributed by atoms with van der Waals surface area (Å²) < 4.78 is 0. The Bertz CT molecular complexity index is 562. The fraction of sp³-hybridized carbons (Fsp3) is 0.650. The van der Waals surface area contributed by atoms with Crippen LogP contribution in [0.4, 0.5) is 4.79 Å². The zero-order valence-electron chi connectivity index (χ0n) is 15.4. The Morgan fingerprint density at radius 2 is 1.84 bits per heavy atom. The van der Waals surface area contributed by atoms with Gasteiger partial charge in [0.2, 0.25) is 0 Å². The van der Waals surface area contributed by atoms with Crippen LogP contribution >= 0.6 is 0 Å². The molecule has 1 aromatic rings. The highest BCUT2D eigenvalue weighted by molar-refractivity contribution is 5.74. The lowest BCUT2D eigenvalue weighted by Crippen LogP contribution is -2.56. The molecule has 1 saturated carbocycles. The maximum Gasteiger partial charge on any atom is 0.315 e. The second kappa shape index (κ2) is 7.75. The summed E-state index contributed by atoms with van der Waals surface area (Å²) in [5.74, 6) is 0.817. The van der Waals surface area contributed by atoms with Crippen molar-refractivity contribution in [1.82, 2.24) is 15.5 Å². The summed E-state index contributed by atoms with van der Waals surface area (Å²) in [6.07, 6.45) is 2.02. The van der Waals surface area contributed by atoms with E-state index in [0.29, 0.717) is 18.4 Å². The van der Waals surface area contributed by atoms with Crippen LogP contribution in [0, 0.1) is 17.3 Å². The molecule has 1 aliphatic carbocycles. The molecule has 2 atom stereocenters. The molecule has 3 N–H and O–H groups in total. The molecule has 5 heteroatoms. The third-order valence-corrected chi connectivity index (χ3v) is 5.78. The van der Waals surface area contributed by atoms with Gasteiger partial charge in [-0.05, 0) is 30.2 Å². The summed E-state index contributed by atoms with van der Waals surface area (Å²) in [6.45, 7) is 8.12. The van der Waals surface area contributed by atoms with Gasteiger partial charge < -0.3 is 15.7 Å². The van der Waals surface area contributed by atoms with Crippen LogP contribution in [-0.2, 0) is 6.54 Å². The van der Waals surface area contributed by atoms with Crippen LogP contribution in [0.15, 0.2) is 30.3 Å². The highest BCUT2D eigenvalue weighted by atomic mass is 16.3. The second-order valence-corrected chi connectivity index (χ2v) is 8.15. The van der Waals surface area contributed by atoms with E-state index in [4.69, 9.17) is 0 Å². The number of benzene rings is 1. The Balaban J connectivity index is 1.48. The van der Waals surface area contributed by atoms with Gasteiger partial charge in [-0.2, -0.15) is 0 Å². The van der Waals surface area contributed by atoms with E-state index in [0.717, 1.165) is 32.5 Å². The monoisotopic (exact) mass is 345 g/mol. The van der Waals surface area contributed by atoms with Gasteiger partial charge in [0, 0.05) is 37.6 Å². The van der Waals surface area contributed by atoms with Crippen molar-refractivity contribution < 1.29 is 9.90 Å². The van der Waals surface area contributed by atoms with Gasteiger partial charge in [-0.15, -0.1) is 0 Å². The maximum absolute atomic E-state index is 12.2. The molecule has 1 saturated heterocycles. The van der Waals surface area contributed by atoms with Crippen LogP contribution in [0.5, 0.6) is 0 Å². The van der Waals surface area contributed by atoms with Crippen LogP contribution in [0.3, 0.4) is 0 Å². The highest BCUT2D eigenvalue weighted by Crippen LogP contribution is 2.44. The van der Waals surface area contributed by atoms with Crippen LogP contribution in [-0.4, -0.2) is 48.3 Å². The number of amides is 2. The largest absolute Gasteiger partial charge is 0.396 e. The first-order valence-electron chi connectivity index (χ1n) is 9.43. The number of aliphatic hydroxyl groups is 1. The number of nitrogens with one attached hydrogen (secondary N) is 2. The summed E-state index contributed by atoms with van der Waals surface area (Å²) in [6, 6.07) is 10.6. The van der Waals surface area contributed by atoms with Crippen molar-refractivity contribution >= 4 is 6.03 Å². The van der Waals surface area contributed by atoms with Crippen molar-refractivity contribution in [3.8, 4) is 0 Å². The number of rotatable bonds is 6. The molecule has 0 aromatic heterocycles. The van der Waals surface area contributed by atoms with Crippen molar-refractivity contribution in [1.29, 1.82) is 0 Å². The first-order valence-corrected chi connectivity index (χ1v) is 9.43. The van der Waals surface area contributed by atoms with Gasteiger partial charge in [0.05, 0.1) is 6.61 Å². The van der Waals surface area contributed by atoms with E-state index in [-0.39, 0.29) is 24.1 Å². The topological polar surface area (TPSA) is 64.6 Å². The molecule has 1 heterocycles. The molecule has 25 heavy (non-hydrogen) atoms. The van der Waals surface area contributed by atoms with Crippen molar-refractivity contribution in [2.24, 2.45) is 17.3 Å². The van der Waals surface area contributed by atoms with Crippen LogP contribution in [0.25, 0.3) is 0 Å². The molecule has 2 unspecified atom stereocenters. The molecule has 1 aliphatic heterocycles. The summed E-state index contributed by atoms with van der Waals surface area (Å²) in [4.78, 5) is 14.7. The van der Waals surface area contributed by atoms with E-state index in [9.17, 15) is 9.90 Å². The lowest BCUT2D eigenvalue weighted by molar-refractivity contribution is 0.0978. The highest BCUT2D eigenvalue weighted by Gasteiger charge is 2.42. The van der Waals surface area contributed by atoms with Gasteiger partial charge in [-0.25, -0.2) is 4.79 Å². The third-order valence-electron chi connectivity index (χ3n) is 5.78. The minimum atomic E-state index is -0.0973. The Morgan fingerprint density at radius 3 is 2.40 bits per heavy atom. The molecule has 138 valence electrons. The predicted molar refractivity (Wildman–Crippen MR) is 99.1 cm³/mol. The average molecular weight is 345 g/mol. The number of likely N-dealkylation sites (tertiary alicyclic amines) is 1. The Hall–Kier alpha value is -1.59. The summed E-state index contributed by atoms with van der Waals surface area (Å²) >= 11 is 0. The lowest BCUT2D eigenvalue weighted by Gasteiger charge is -2.41. The Kier molecular flexibility index (Phi) is 5.64. The van der Waals surface area contributed by atoms with E-state index < -0.39 is 0 Å². The molecule has 5 nitrogen and oxygen atoms in total. The van der Waals surface area contributed by atoms with Crippen LogP contribution in [0.2, 0.25) is 0 Å². The van der Waals surface area contributed by atoms with Crippen molar-refractivity contribution in [3.63, 3.8) is 0 Å². The first kappa shape index (κ1) is 18.2. The van der Waals surface area contributed by atoms with E-state index in [2.05, 4.69) is 53.6 Å². The molecule has 2 fully saturated rings. The Morgan fingerprint density at radius 1 is 1.20 bits per heavy atom. The second-order valence-electron chi connectivity index (χ2n) is 8.15. The van der Waals surface area contributed by atoms with Gasteiger partial charge in [-0.1, -0.05) is 44.2 Å². The maximum atomic E-state index is 12.2. The van der Waals surface area contributed by atoms with E-state index in [1.165, 1.54) is 5.56 Å². The molecule has 1 aromatic carbocycles. The van der Waals surface area contributed by atoms with Gasteiger partial charge in [0.15, 0.2) is 0 Å². The number of hydrogen-bond acceptors (Lipinski definition) is 3. The fourth-order valence-electron chi connectivity index (χ4n) is 3.97. The Labute approximate surface area is 150 Å². The van der Waals surface area contributed by atoms with E-state index >= 15 is 0 Å². The smallest absolute Gasteiger partial charge is 0.315 e. The minimum absolute atomic E-state index is 0.0480. The summed E-state index contributed by atoms with van der Waals surface area (Å²) in [5.41, 5.74) is 1.29. The average Bonchev–Trinajstić information content (AvgIpc) is 3.38. The molecule has 2 aliphatic rings. The van der Waals surface area contributed by atoms with Crippen LogP contribution in [0.1, 0.15) is 32.3 Å². The first-order chi connectivity index (χ1) is 12.0. The number of carbonyl (C=O) groups excluding carboxylic acids is 1.